The third-order valence-electron chi connectivity index (χ3n) is 3.47. The lowest BCUT2D eigenvalue weighted by molar-refractivity contribution is 0.689. The summed E-state index contributed by atoms with van der Waals surface area (Å²) in [6.45, 7) is 2.62. The molecule has 2 N–H and O–H groups in total. The van der Waals surface area contributed by atoms with Crippen molar-refractivity contribution >= 4 is 17.4 Å². The highest BCUT2D eigenvalue weighted by Crippen LogP contribution is 2.29. The number of nitrogens with zero attached hydrogens (tertiary/aromatic N) is 2. The van der Waals surface area contributed by atoms with Gasteiger partial charge in [-0.1, -0.05) is 54.1 Å². The zero-order chi connectivity index (χ0) is 14.8. The average Bonchev–Trinajstić information content (AvgIpc) is 2.77. The van der Waals surface area contributed by atoms with E-state index < -0.39 is 0 Å². The molecule has 0 spiro atoms. The Morgan fingerprint density at radius 1 is 1.05 bits per heavy atom. The van der Waals surface area contributed by atoms with Crippen LogP contribution in [0.1, 0.15) is 11.3 Å². The second-order valence-corrected chi connectivity index (χ2v) is 5.43. The van der Waals surface area contributed by atoms with Crippen LogP contribution < -0.4 is 5.73 Å². The first-order valence-electron chi connectivity index (χ1n) is 6.78. The number of hydrogen-bond donors (Lipinski definition) is 1. The molecular formula is C17H16ClN3. The van der Waals surface area contributed by atoms with Crippen molar-refractivity contribution in [1.82, 2.24) is 9.78 Å². The Morgan fingerprint density at radius 2 is 1.71 bits per heavy atom. The Bertz CT molecular complexity index is 746. The zero-order valence-electron chi connectivity index (χ0n) is 11.8. The van der Waals surface area contributed by atoms with Gasteiger partial charge in [-0.3, -0.25) is 0 Å². The van der Waals surface area contributed by atoms with E-state index in [0.29, 0.717) is 12.4 Å². The molecule has 3 rings (SSSR count). The van der Waals surface area contributed by atoms with Gasteiger partial charge in [0, 0.05) is 10.6 Å². The van der Waals surface area contributed by atoms with Gasteiger partial charge in [0.15, 0.2) is 0 Å². The molecule has 2 aromatic carbocycles. The first kappa shape index (κ1) is 13.7. The van der Waals surface area contributed by atoms with Crippen LogP contribution in [0.3, 0.4) is 0 Å². The molecular weight excluding hydrogens is 282 g/mol. The highest BCUT2D eigenvalue weighted by Gasteiger charge is 2.14. The van der Waals surface area contributed by atoms with Crippen LogP contribution in [0.2, 0.25) is 5.02 Å². The fourth-order valence-corrected chi connectivity index (χ4v) is 2.57. The molecule has 1 heterocycles. The number of hydrogen-bond acceptors (Lipinski definition) is 2. The van der Waals surface area contributed by atoms with Crippen molar-refractivity contribution in [2.24, 2.45) is 0 Å². The lowest BCUT2D eigenvalue weighted by atomic mass is 10.1. The number of halogens is 1. The fraction of sp³-hybridized carbons (Fsp3) is 0.118. The molecule has 0 radical (unpaired) electrons. The van der Waals surface area contributed by atoms with Gasteiger partial charge < -0.3 is 5.73 Å². The number of aromatic nitrogens is 2. The first-order chi connectivity index (χ1) is 10.1. The Kier molecular flexibility index (Phi) is 3.67. The van der Waals surface area contributed by atoms with Crippen LogP contribution in [0.25, 0.3) is 11.1 Å². The molecule has 0 aliphatic carbocycles. The van der Waals surface area contributed by atoms with E-state index in [-0.39, 0.29) is 0 Å². The van der Waals surface area contributed by atoms with Gasteiger partial charge in [0.1, 0.15) is 5.82 Å². The van der Waals surface area contributed by atoms with E-state index in [1.54, 1.807) is 0 Å². The van der Waals surface area contributed by atoms with Crippen molar-refractivity contribution in [3.05, 3.63) is 70.9 Å². The summed E-state index contributed by atoms with van der Waals surface area (Å²) >= 11 is 5.91. The minimum Gasteiger partial charge on any atom is -0.383 e. The van der Waals surface area contributed by atoms with E-state index in [0.717, 1.165) is 27.4 Å². The van der Waals surface area contributed by atoms with Crippen molar-refractivity contribution in [3.63, 3.8) is 0 Å². The second kappa shape index (κ2) is 5.62. The van der Waals surface area contributed by atoms with Crippen LogP contribution in [-0.4, -0.2) is 9.78 Å². The van der Waals surface area contributed by atoms with Gasteiger partial charge in [-0.05, 0) is 30.2 Å². The lowest BCUT2D eigenvalue weighted by Crippen LogP contribution is -2.06. The van der Waals surface area contributed by atoms with Gasteiger partial charge in [0.25, 0.3) is 0 Å². The van der Waals surface area contributed by atoms with E-state index in [4.69, 9.17) is 17.3 Å². The molecule has 0 amide bonds. The molecule has 106 valence electrons. The maximum absolute atomic E-state index is 6.29. The standard InChI is InChI=1S/C17H16ClN3/c1-12-16(14-5-3-2-4-6-14)17(19)21(20-12)11-13-7-9-15(18)10-8-13/h2-10H,11,19H2,1H3. The summed E-state index contributed by atoms with van der Waals surface area (Å²) in [5, 5.41) is 5.29. The summed E-state index contributed by atoms with van der Waals surface area (Å²) in [7, 11) is 0. The van der Waals surface area contributed by atoms with Gasteiger partial charge in [-0.25, -0.2) is 4.68 Å². The van der Waals surface area contributed by atoms with E-state index in [1.165, 1.54) is 0 Å². The van der Waals surface area contributed by atoms with Crippen LogP contribution in [-0.2, 0) is 6.54 Å². The van der Waals surface area contributed by atoms with Gasteiger partial charge >= 0.3 is 0 Å². The Morgan fingerprint density at radius 3 is 2.38 bits per heavy atom. The second-order valence-electron chi connectivity index (χ2n) is 5.00. The molecule has 4 heteroatoms. The predicted molar refractivity (Wildman–Crippen MR) is 87.4 cm³/mol. The summed E-state index contributed by atoms with van der Waals surface area (Å²) < 4.78 is 1.83. The SMILES string of the molecule is Cc1nn(Cc2ccc(Cl)cc2)c(N)c1-c1ccccc1. The smallest absolute Gasteiger partial charge is 0.130 e. The molecule has 0 bridgehead atoms. The molecule has 0 saturated carbocycles. The minimum absolute atomic E-state index is 0.636. The number of nitrogen functional groups attached to an aromatic ring is 1. The summed E-state index contributed by atoms with van der Waals surface area (Å²) in [4.78, 5) is 0. The van der Waals surface area contributed by atoms with Crippen LogP contribution >= 0.6 is 11.6 Å². The van der Waals surface area contributed by atoms with E-state index in [2.05, 4.69) is 5.10 Å². The van der Waals surface area contributed by atoms with Gasteiger partial charge in [0.2, 0.25) is 0 Å². The van der Waals surface area contributed by atoms with Crippen LogP contribution in [0.15, 0.2) is 54.6 Å². The summed E-state index contributed by atoms with van der Waals surface area (Å²) in [6.07, 6.45) is 0. The van der Waals surface area contributed by atoms with Crippen molar-refractivity contribution in [2.75, 3.05) is 5.73 Å². The average molecular weight is 298 g/mol. The van der Waals surface area contributed by atoms with Crippen LogP contribution in [0.5, 0.6) is 0 Å². The van der Waals surface area contributed by atoms with Crippen molar-refractivity contribution in [3.8, 4) is 11.1 Å². The molecule has 0 fully saturated rings. The van der Waals surface area contributed by atoms with Gasteiger partial charge in [-0.15, -0.1) is 0 Å². The number of aryl methyl sites for hydroxylation is 1. The van der Waals surface area contributed by atoms with E-state index in [1.807, 2.05) is 66.2 Å². The monoisotopic (exact) mass is 297 g/mol. The fourth-order valence-electron chi connectivity index (χ4n) is 2.44. The van der Waals surface area contributed by atoms with Gasteiger partial charge in [0.05, 0.1) is 12.2 Å². The Labute approximate surface area is 129 Å². The normalized spacial score (nSPS) is 10.8. The summed E-state index contributed by atoms with van der Waals surface area (Å²) in [6, 6.07) is 17.8. The topological polar surface area (TPSA) is 43.8 Å². The number of anilines is 1. The highest BCUT2D eigenvalue weighted by atomic mass is 35.5. The van der Waals surface area contributed by atoms with Crippen molar-refractivity contribution in [2.45, 2.75) is 13.5 Å². The Balaban J connectivity index is 1.96. The number of rotatable bonds is 3. The van der Waals surface area contributed by atoms with Crippen LogP contribution in [0.4, 0.5) is 5.82 Å². The third-order valence-corrected chi connectivity index (χ3v) is 3.73. The molecule has 3 nitrogen and oxygen atoms in total. The van der Waals surface area contributed by atoms with Gasteiger partial charge in [-0.2, -0.15) is 5.10 Å². The molecule has 0 atom stereocenters. The third kappa shape index (κ3) is 2.78. The van der Waals surface area contributed by atoms with Crippen molar-refractivity contribution in [1.29, 1.82) is 0 Å². The minimum atomic E-state index is 0.636. The number of nitrogens with two attached hydrogens (primary N) is 1. The molecule has 21 heavy (non-hydrogen) atoms. The summed E-state index contributed by atoms with van der Waals surface area (Å²) in [5.41, 5.74) is 10.4. The molecule has 1 aromatic heterocycles. The molecule has 0 saturated heterocycles. The predicted octanol–water partition coefficient (Wildman–Crippen LogP) is 4.14. The van der Waals surface area contributed by atoms with E-state index >= 15 is 0 Å². The molecule has 0 aliphatic rings. The molecule has 3 aromatic rings. The Hall–Kier alpha value is -2.26. The highest BCUT2D eigenvalue weighted by molar-refractivity contribution is 6.30. The molecule has 0 aliphatic heterocycles. The molecule has 0 unspecified atom stereocenters. The largest absolute Gasteiger partial charge is 0.383 e. The number of benzene rings is 2. The van der Waals surface area contributed by atoms with Crippen LogP contribution in [0, 0.1) is 6.92 Å². The quantitative estimate of drug-likeness (QED) is 0.789. The summed E-state index contributed by atoms with van der Waals surface area (Å²) in [5.74, 6) is 0.689. The lowest BCUT2D eigenvalue weighted by Gasteiger charge is -2.06. The maximum Gasteiger partial charge on any atom is 0.130 e. The van der Waals surface area contributed by atoms with E-state index in [9.17, 15) is 0 Å². The van der Waals surface area contributed by atoms with Crippen molar-refractivity contribution < 1.29 is 0 Å². The zero-order valence-corrected chi connectivity index (χ0v) is 12.5. The maximum atomic E-state index is 6.29. The first-order valence-corrected chi connectivity index (χ1v) is 7.15.